The molecule has 3 rings (SSSR count). The van der Waals surface area contributed by atoms with E-state index in [4.69, 9.17) is 4.98 Å². The van der Waals surface area contributed by atoms with Crippen molar-refractivity contribution < 1.29 is 4.79 Å². The van der Waals surface area contributed by atoms with E-state index < -0.39 is 0 Å². The van der Waals surface area contributed by atoms with Gasteiger partial charge in [0, 0.05) is 36.1 Å². The van der Waals surface area contributed by atoms with E-state index in [0.29, 0.717) is 6.42 Å². The Morgan fingerprint density at radius 3 is 2.67 bits per heavy atom. The Bertz CT molecular complexity index is 660. The SMILES string of the molecule is CCCCC(=O)Nc1ccc(-c2csc(N3CCCCC3)n2)cc1. The smallest absolute Gasteiger partial charge is 0.224 e. The third-order valence-electron chi connectivity index (χ3n) is 4.34. The summed E-state index contributed by atoms with van der Waals surface area (Å²) < 4.78 is 0. The molecule has 0 atom stereocenters. The Morgan fingerprint density at radius 1 is 1.21 bits per heavy atom. The number of hydrogen-bond donors (Lipinski definition) is 1. The fourth-order valence-electron chi connectivity index (χ4n) is 2.91. The van der Waals surface area contributed by atoms with Gasteiger partial charge in [-0.05, 0) is 37.8 Å². The molecule has 1 fully saturated rings. The van der Waals surface area contributed by atoms with E-state index in [1.54, 1.807) is 11.3 Å². The first-order valence-corrected chi connectivity index (χ1v) is 9.75. The number of nitrogens with one attached hydrogen (secondary N) is 1. The number of piperidine rings is 1. The van der Waals surface area contributed by atoms with Gasteiger partial charge in [0.05, 0.1) is 5.69 Å². The first-order valence-electron chi connectivity index (χ1n) is 8.87. The van der Waals surface area contributed by atoms with E-state index in [9.17, 15) is 4.79 Å². The minimum atomic E-state index is 0.0886. The zero-order chi connectivity index (χ0) is 16.8. The van der Waals surface area contributed by atoms with Crippen molar-refractivity contribution in [3.63, 3.8) is 0 Å². The van der Waals surface area contributed by atoms with Crippen LogP contribution in [0.25, 0.3) is 11.3 Å². The summed E-state index contributed by atoms with van der Waals surface area (Å²) in [4.78, 5) is 19.0. The van der Waals surface area contributed by atoms with E-state index >= 15 is 0 Å². The zero-order valence-corrected chi connectivity index (χ0v) is 15.1. The van der Waals surface area contributed by atoms with Crippen LogP contribution in [-0.4, -0.2) is 24.0 Å². The third kappa shape index (κ3) is 4.35. The first-order chi connectivity index (χ1) is 11.8. The van der Waals surface area contributed by atoms with Crippen LogP contribution in [0.1, 0.15) is 45.4 Å². The third-order valence-corrected chi connectivity index (χ3v) is 5.24. The van der Waals surface area contributed by atoms with Gasteiger partial charge in [-0.2, -0.15) is 0 Å². The number of nitrogens with zero attached hydrogens (tertiary/aromatic N) is 2. The number of rotatable bonds is 6. The zero-order valence-electron chi connectivity index (χ0n) is 14.3. The summed E-state index contributed by atoms with van der Waals surface area (Å²) in [6.45, 7) is 4.33. The lowest BCUT2D eigenvalue weighted by atomic mass is 10.1. The standard InChI is InChI=1S/C19H25N3OS/c1-2-3-7-18(23)20-16-10-8-15(9-11-16)17-14-24-19(21-17)22-12-5-4-6-13-22/h8-11,14H,2-7,12-13H2,1H3,(H,20,23). The summed E-state index contributed by atoms with van der Waals surface area (Å²) >= 11 is 1.72. The fraction of sp³-hybridized carbons (Fsp3) is 0.474. The largest absolute Gasteiger partial charge is 0.348 e. The molecular formula is C19H25N3OS. The van der Waals surface area contributed by atoms with Crippen molar-refractivity contribution in [1.82, 2.24) is 4.98 Å². The number of thiazole rings is 1. The summed E-state index contributed by atoms with van der Waals surface area (Å²) in [7, 11) is 0. The minimum absolute atomic E-state index is 0.0886. The summed E-state index contributed by atoms with van der Waals surface area (Å²) in [5.41, 5.74) is 2.97. The molecule has 0 radical (unpaired) electrons. The summed E-state index contributed by atoms with van der Waals surface area (Å²) in [6.07, 6.45) is 6.42. The van der Waals surface area contributed by atoms with Crippen molar-refractivity contribution >= 4 is 28.1 Å². The normalized spacial score (nSPS) is 14.6. The van der Waals surface area contributed by atoms with Crippen LogP contribution in [0.5, 0.6) is 0 Å². The van der Waals surface area contributed by atoms with Gasteiger partial charge in [-0.15, -0.1) is 11.3 Å². The Balaban J connectivity index is 1.63. The van der Waals surface area contributed by atoms with Crippen molar-refractivity contribution in [2.24, 2.45) is 0 Å². The van der Waals surface area contributed by atoms with Gasteiger partial charge in [0.1, 0.15) is 0 Å². The minimum Gasteiger partial charge on any atom is -0.348 e. The van der Waals surface area contributed by atoms with Gasteiger partial charge in [0.25, 0.3) is 0 Å². The maximum Gasteiger partial charge on any atom is 0.224 e. The Morgan fingerprint density at radius 2 is 1.96 bits per heavy atom. The molecule has 1 aromatic heterocycles. The second kappa shape index (κ2) is 8.29. The van der Waals surface area contributed by atoms with E-state index in [-0.39, 0.29) is 5.91 Å². The highest BCUT2D eigenvalue weighted by Gasteiger charge is 2.14. The monoisotopic (exact) mass is 343 g/mol. The number of carbonyl (C=O) groups excluding carboxylic acids is 1. The van der Waals surface area contributed by atoms with Crippen molar-refractivity contribution in [3.05, 3.63) is 29.6 Å². The van der Waals surface area contributed by atoms with Gasteiger partial charge < -0.3 is 10.2 Å². The molecule has 24 heavy (non-hydrogen) atoms. The van der Waals surface area contributed by atoms with Gasteiger partial charge in [-0.25, -0.2) is 4.98 Å². The van der Waals surface area contributed by atoms with Crippen molar-refractivity contribution in [3.8, 4) is 11.3 Å². The summed E-state index contributed by atoms with van der Waals surface area (Å²) in [5, 5.41) is 6.20. The Labute approximate surface area is 147 Å². The van der Waals surface area contributed by atoms with Crippen LogP contribution >= 0.6 is 11.3 Å². The van der Waals surface area contributed by atoms with Gasteiger partial charge >= 0.3 is 0 Å². The predicted octanol–water partition coefficient (Wildman–Crippen LogP) is 4.93. The fourth-order valence-corrected chi connectivity index (χ4v) is 3.80. The van der Waals surface area contributed by atoms with Gasteiger partial charge in [-0.1, -0.05) is 25.5 Å². The topological polar surface area (TPSA) is 45.2 Å². The van der Waals surface area contributed by atoms with Crippen LogP contribution in [0.2, 0.25) is 0 Å². The van der Waals surface area contributed by atoms with Crippen LogP contribution in [0.15, 0.2) is 29.6 Å². The average Bonchev–Trinajstić information content (AvgIpc) is 3.11. The molecule has 1 N–H and O–H groups in total. The van der Waals surface area contributed by atoms with Gasteiger partial charge in [-0.3, -0.25) is 4.79 Å². The second-order valence-electron chi connectivity index (χ2n) is 6.29. The van der Waals surface area contributed by atoms with Crippen LogP contribution < -0.4 is 10.2 Å². The molecular weight excluding hydrogens is 318 g/mol. The molecule has 4 nitrogen and oxygen atoms in total. The molecule has 1 aromatic carbocycles. The molecule has 2 heterocycles. The molecule has 1 amide bonds. The molecule has 0 spiro atoms. The average molecular weight is 343 g/mol. The number of carbonyl (C=O) groups is 1. The molecule has 1 aliphatic heterocycles. The van der Waals surface area contributed by atoms with Crippen molar-refractivity contribution in [2.45, 2.75) is 45.4 Å². The van der Waals surface area contributed by atoms with E-state index in [1.165, 1.54) is 19.3 Å². The lowest BCUT2D eigenvalue weighted by Crippen LogP contribution is -2.29. The Kier molecular flexibility index (Phi) is 5.86. The number of unbranched alkanes of at least 4 members (excludes halogenated alkanes) is 1. The molecule has 128 valence electrons. The van der Waals surface area contributed by atoms with Crippen LogP contribution in [0.3, 0.4) is 0 Å². The van der Waals surface area contributed by atoms with Crippen molar-refractivity contribution in [1.29, 1.82) is 0 Å². The maximum atomic E-state index is 11.8. The highest BCUT2D eigenvalue weighted by molar-refractivity contribution is 7.14. The van der Waals surface area contributed by atoms with Gasteiger partial charge in [0.2, 0.25) is 5.91 Å². The maximum absolute atomic E-state index is 11.8. The molecule has 0 bridgehead atoms. The lowest BCUT2D eigenvalue weighted by Gasteiger charge is -2.25. The van der Waals surface area contributed by atoms with E-state index in [1.807, 2.05) is 24.3 Å². The Hall–Kier alpha value is -1.88. The number of aromatic nitrogens is 1. The number of amides is 1. The van der Waals surface area contributed by atoms with Crippen molar-refractivity contribution in [2.75, 3.05) is 23.3 Å². The number of anilines is 2. The second-order valence-corrected chi connectivity index (χ2v) is 7.13. The van der Waals surface area contributed by atoms with Crippen LogP contribution in [-0.2, 0) is 4.79 Å². The predicted molar refractivity (Wildman–Crippen MR) is 102 cm³/mol. The first kappa shape index (κ1) is 17.0. The molecule has 1 aliphatic rings. The van der Waals surface area contributed by atoms with E-state index in [2.05, 4.69) is 22.5 Å². The van der Waals surface area contributed by atoms with Gasteiger partial charge in [0.15, 0.2) is 5.13 Å². The molecule has 5 heteroatoms. The molecule has 0 unspecified atom stereocenters. The number of benzene rings is 1. The quantitative estimate of drug-likeness (QED) is 0.809. The number of hydrogen-bond acceptors (Lipinski definition) is 4. The highest BCUT2D eigenvalue weighted by Crippen LogP contribution is 2.29. The molecule has 2 aromatic rings. The van der Waals surface area contributed by atoms with Crippen LogP contribution in [0, 0.1) is 0 Å². The lowest BCUT2D eigenvalue weighted by molar-refractivity contribution is -0.116. The highest BCUT2D eigenvalue weighted by atomic mass is 32.1. The molecule has 1 saturated heterocycles. The summed E-state index contributed by atoms with van der Waals surface area (Å²) in [5.74, 6) is 0.0886. The molecule has 0 aliphatic carbocycles. The van der Waals surface area contributed by atoms with E-state index in [0.717, 1.165) is 48.0 Å². The molecule has 0 saturated carbocycles. The van der Waals surface area contributed by atoms with Crippen LogP contribution in [0.4, 0.5) is 10.8 Å². The summed E-state index contributed by atoms with van der Waals surface area (Å²) in [6, 6.07) is 7.98.